The monoisotopic (exact) mass is 202 g/mol. The van der Waals surface area contributed by atoms with E-state index in [0.29, 0.717) is 5.03 Å². The van der Waals surface area contributed by atoms with Crippen molar-refractivity contribution in [3.8, 4) is 0 Å². The summed E-state index contributed by atoms with van der Waals surface area (Å²) in [5.74, 6) is -1.29. The summed E-state index contributed by atoms with van der Waals surface area (Å²) < 4.78 is 10.2. The summed E-state index contributed by atoms with van der Waals surface area (Å²) in [6, 6.07) is 0. The third-order valence-corrected chi connectivity index (χ3v) is 2.34. The van der Waals surface area contributed by atoms with Crippen molar-refractivity contribution in [1.29, 1.82) is 0 Å². The van der Waals surface area contributed by atoms with E-state index in [1.165, 1.54) is 14.2 Å². The Balaban J connectivity index is 2.92. The molecular weight excluding hydrogens is 192 g/mol. The molecule has 0 amide bonds. The quantitative estimate of drug-likeness (QED) is 0.395. The van der Waals surface area contributed by atoms with Crippen molar-refractivity contribution in [3.63, 3.8) is 0 Å². The number of hydrogen-bond acceptors (Lipinski definition) is 3. The Kier molecular flexibility index (Phi) is 3.25. The van der Waals surface area contributed by atoms with Crippen molar-refractivity contribution in [3.05, 3.63) is 23.3 Å². The van der Waals surface area contributed by atoms with Crippen molar-refractivity contribution >= 4 is 17.9 Å². The molecule has 0 aromatic heterocycles. The van der Waals surface area contributed by atoms with Crippen molar-refractivity contribution in [2.75, 3.05) is 14.2 Å². The number of methoxy groups -OCH3 is 2. The molecule has 0 aromatic rings. The summed E-state index contributed by atoms with van der Waals surface area (Å²) >= 11 is 5.84. The molecule has 0 heterocycles. The molecule has 0 aromatic carbocycles. The van der Waals surface area contributed by atoms with Gasteiger partial charge in [0.2, 0.25) is 5.79 Å². The van der Waals surface area contributed by atoms with E-state index in [9.17, 15) is 4.79 Å². The van der Waals surface area contributed by atoms with Gasteiger partial charge in [0.15, 0.2) is 0 Å². The summed E-state index contributed by atoms with van der Waals surface area (Å²) in [6.07, 6.45) is 5.67. The fourth-order valence-electron chi connectivity index (χ4n) is 1.11. The highest BCUT2D eigenvalue weighted by Gasteiger charge is 2.29. The van der Waals surface area contributed by atoms with Crippen LogP contribution < -0.4 is 0 Å². The third kappa shape index (κ3) is 1.99. The van der Waals surface area contributed by atoms with E-state index in [0.717, 1.165) is 6.29 Å². The van der Waals surface area contributed by atoms with Crippen LogP contribution in [0.5, 0.6) is 0 Å². The van der Waals surface area contributed by atoms with Gasteiger partial charge < -0.3 is 14.3 Å². The molecule has 4 heteroatoms. The van der Waals surface area contributed by atoms with E-state index in [1.807, 2.05) is 0 Å². The zero-order valence-electron chi connectivity index (χ0n) is 7.49. The summed E-state index contributed by atoms with van der Waals surface area (Å²) in [6.45, 7) is 0. The molecule has 0 aliphatic heterocycles. The van der Waals surface area contributed by atoms with Crippen LogP contribution in [0.1, 0.15) is 0 Å². The SMILES string of the molecule is COC1(OC)C=CC(C=O)C(Cl)=C1. The second-order valence-electron chi connectivity index (χ2n) is 2.68. The fraction of sp³-hybridized carbons (Fsp3) is 0.444. The Hall–Kier alpha value is -0.640. The maximum Gasteiger partial charge on any atom is 0.208 e. The van der Waals surface area contributed by atoms with Gasteiger partial charge in [0, 0.05) is 19.3 Å². The summed E-state index contributed by atoms with van der Waals surface area (Å²) in [5, 5.41) is 0.418. The van der Waals surface area contributed by atoms with E-state index < -0.39 is 5.79 Å². The van der Waals surface area contributed by atoms with Crippen molar-refractivity contribution < 1.29 is 14.3 Å². The van der Waals surface area contributed by atoms with E-state index in [-0.39, 0.29) is 5.92 Å². The van der Waals surface area contributed by atoms with E-state index in [2.05, 4.69) is 0 Å². The van der Waals surface area contributed by atoms with Gasteiger partial charge >= 0.3 is 0 Å². The first-order chi connectivity index (χ1) is 6.17. The van der Waals surface area contributed by atoms with Gasteiger partial charge in [0.1, 0.15) is 6.29 Å². The van der Waals surface area contributed by atoms with Crippen molar-refractivity contribution in [1.82, 2.24) is 0 Å². The van der Waals surface area contributed by atoms with Crippen molar-refractivity contribution in [2.45, 2.75) is 5.79 Å². The highest BCUT2D eigenvalue weighted by Crippen LogP contribution is 2.29. The predicted octanol–water partition coefficient (Wildman–Crippen LogP) is 1.48. The van der Waals surface area contributed by atoms with Gasteiger partial charge in [0.05, 0.1) is 5.92 Å². The topological polar surface area (TPSA) is 35.5 Å². The molecule has 13 heavy (non-hydrogen) atoms. The first-order valence-electron chi connectivity index (χ1n) is 3.80. The molecule has 1 rings (SSSR count). The first kappa shape index (κ1) is 10.4. The largest absolute Gasteiger partial charge is 0.346 e. The number of rotatable bonds is 3. The predicted molar refractivity (Wildman–Crippen MR) is 49.4 cm³/mol. The summed E-state index contributed by atoms with van der Waals surface area (Å²) in [4.78, 5) is 10.5. The molecule has 3 nitrogen and oxygen atoms in total. The van der Waals surface area contributed by atoms with Crippen LogP contribution in [0.4, 0.5) is 0 Å². The Morgan fingerprint density at radius 3 is 2.54 bits per heavy atom. The lowest BCUT2D eigenvalue weighted by molar-refractivity contribution is -0.135. The fourth-order valence-corrected chi connectivity index (χ4v) is 1.39. The lowest BCUT2D eigenvalue weighted by Gasteiger charge is -2.28. The van der Waals surface area contributed by atoms with E-state index >= 15 is 0 Å². The molecule has 0 radical (unpaired) electrons. The Bertz CT molecular complexity index is 254. The Morgan fingerprint density at radius 1 is 1.54 bits per heavy atom. The molecule has 0 N–H and O–H groups in total. The zero-order chi connectivity index (χ0) is 9.90. The van der Waals surface area contributed by atoms with Gasteiger partial charge in [-0.3, -0.25) is 0 Å². The molecule has 1 atom stereocenters. The molecule has 0 bridgehead atoms. The van der Waals surface area contributed by atoms with Crippen LogP contribution >= 0.6 is 11.6 Å². The van der Waals surface area contributed by atoms with Gasteiger partial charge in [-0.2, -0.15) is 0 Å². The normalized spacial score (nSPS) is 25.5. The Morgan fingerprint density at radius 2 is 2.15 bits per heavy atom. The number of ether oxygens (including phenoxy) is 2. The minimum atomic E-state index is -0.920. The number of hydrogen-bond donors (Lipinski definition) is 0. The maximum absolute atomic E-state index is 10.5. The lowest BCUT2D eigenvalue weighted by Crippen LogP contribution is -2.31. The zero-order valence-corrected chi connectivity index (χ0v) is 8.25. The van der Waals surface area contributed by atoms with Crippen LogP contribution in [0.3, 0.4) is 0 Å². The maximum atomic E-state index is 10.5. The van der Waals surface area contributed by atoms with Crippen LogP contribution in [0.25, 0.3) is 0 Å². The minimum absolute atomic E-state index is 0.375. The third-order valence-electron chi connectivity index (χ3n) is 1.98. The standard InChI is InChI=1S/C9H11ClO3/c1-12-9(13-2)4-3-7(6-11)8(10)5-9/h3-7H,1-2H3. The molecule has 0 saturated heterocycles. The average Bonchev–Trinajstić information content (AvgIpc) is 2.17. The minimum Gasteiger partial charge on any atom is -0.346 e. The smallest absolute Gasteiger partial charge is 0.208 e. The van der Waals surface area contributed by atoms with E-state index in [1.54, 1.807) is 18.2 Å². The molecule has 0 spiro atoms. The van der Waals surface area contributed by atoms with Gasteiger partial charge in [-0.05, 0) is 12.2 Å². The number of carbonyl (C=O) groups is 1. The van der Waals surface area contributed by atoms with Crippen LogP contribution in [0.2, 0.25) is 0 Å². The highest BCUT2D eigenvalue weighted by atomic mass is 35.5. The van der Waals surface area contributed by atoms with Gasteiger partial charge in [-0.15, -0.1) is 0 Å². The van der Waals surface area contributed by atoms with Crippen LogP contribution in [0.15, 0.2) is 23.3 Å². The molecular formula is C9H11ClO3. The number of allylic oxidation sites excluding steroid dienone is 2. The van der Waals surface area contributed by atoms with Crippen LogP contribution in [-0.2, 0) is 14.3 Å². The number of carbonyl (C=O) groups excluding carboxylic acids is 1. The molecule has 72 valence electrons. The van der Waals surface area contributed by atoms with Crippen LogP contribution in [0, 0.1) is 5.92 Å². The van der Waals surface area contributed by atoms with Gasteiger partial charge in [-0.1, -0.05) is 17.7 Å². The molecule has 0 fully saturated rings. The number of halogens is 1. The molecule has 1 aliphatic rings. The van der Waals surface area contributed by atoms with Crippen molar-refractivity contribution in [2.24, 2.45) is 5.92 Å². The molecule has 0 saturated carbocycles. The molecule has 1 aliphatic carbocycles. The number of aldehydes is 1. The van der Waals surface area contributed by atoms with Gasteiger partial charge in [-0.25, -0.2) is 0 Å². The summed E-state index contributed by atoms with van der Waals surface area (Å²) in [5.41, 5.74) is 0. The second kappa shape index (κ2) is 4.05. The molecule has 1 unspecified atom stereocenters. The average molecular weight is 203 g/mol. The van der Waals surface area contributed by atoms with E-state index in [4.69, 9.17) is 21.1 Å². The summed E-state index contributed by atoms with van der Waals surface area (Å²) in [7, 11) is 3.02. The second-order valence-corrected chi connectivity index (χ2v) is 3.12. The van der Waals surface area contributed by atoms with Gasteiger partial charge in [0.25, 0.3) is 0 Å². The highest BCUT2D eigenvalue weighted by molar-refractivity contribution is 6.31. The Labute approximate surface area is 82.0 Å². The van der Waals surface area contributed by atoms with Crippen LogP contribution in [-0.4, -0.2) is 26.3 Å². The first-order valence-corrected chi connectivity index (χ1v) is 4.18. The lowest BCUT2D eigenvalue weighted by atomic mass is 10.0.